The van der Waals surface area contributed by atoms with Crippen molar-refractivity contribution < 1.29 is 34.0 Å². The number of aliphatic hydroxyl groups is 1. The van der Waals surface area contributed by atoms with Crippen molar-refractivity contribution in [3.05, 3.63) is 58.4 Å². The Hall–Kier alpha value is -3.06. The Balaban J connectivity index is 1.94. The molecular formula is C22H24O7. The number of phenols is 1. The van der Waals surface area contributed by atoms with Crippen molar-refractivity contribution in [3.8, 4) is 11.5 Å². The van der Waals surface area contributed by atoms with Gasteiger partial charge >= 0.3 is 5.97 Å². The van der Waals surface area contributed by atoms with E-state index in [4.69, 9.17) is 14.2 Å². The number of aryl methyl sites for hydroxylation is 1. The van der Waals surface area contributed by atoms with Gasteiger partial charge in [-0.2, -0.15) is 0 Å². The number of aliphatic hydroxyl groups excluding tert-OH is 1. The number of Topliss-reactive ketones (excluding diaryl/α,β-unsaturated/α-hetero) is 1. The largest absolute Gasteiger partial charge is 0.508 e. The van der Waals surface area contributed by atoms with Gasteiger partial charge in [0.15, 0.2) is 5.60 Å². The van der Waals surface area contributed by atoms with E-state index in [-0.39, 0.29) is 30.1 Å². The van der Waals surface area contributed by atoms with E-state index in [1.807, 2.05) is 13.0 Å². The number of hydrogen-bond acceptors (Lipinski definition) is 7. The van der Waals surface area contributed by atoms with Gasteiger partial charge in [0.2, 0.25) is 5.78 Å². The summed E-state index contributed by atoms with van der Waals surface area (Å²) >= 11 is 0. The Morgan fingerprint density at radius 1 is 1.38 bits per heavy atom. The van der Waals surface area contributed by atoms with Gasteiger partial charge in [-0.05, 0) is 50.1 Å². The van der Waals surface area contributed by atoms with Gasteiger partial charge in [-0.3, -0.25) is 4.79 Å². The second kappa shape index (κ2) is 7.75. The summed E-state index contributed by atoms with van der Waals surface area (Å²) < 4.78 is 16.3. The first kappa shape index (κ1) is 20.7. The van der Waals surface area contributed by atoms with Crippen LogP contribution in [-0.2, 0) is 14.3 Å². The molecule has 0 saturated heterocycles. The zero-order chi connectivity index (χ0) is 21.3. The number of rotatable bonds is 4. The maximum absolute atomic E-state index is 13.1. The van der Waals surface area contributed by atoms with Crippen LogP contribution in [0.3, 0.4) is 0 Å². The van der Waals surface area contributed by atoms with Crippen LogP contribution in [0, 0.1) is 6.92 Å². The molecule has 0 radical (unpaired) electrons. The number of benzene rings is 1. The Bertz CT molecular complexity index is 954. The number of methoxy groups -OCH3 is 1. The highest BCUT2D eigenvalue weighted by Gasteiger charge is 2.50. The molecule has 0 unspecified atom stereocenters. The molecule has 1 aromatic rings. The van der Waals surface area contributed by atoms with E-state index in [9.17, 15) is 19.8 Å². The number of aromatic hydroxyl groups is 1. The predicted molar refractivity (Wildman–Crippen MR) is 105 cm³/mol. The van der Waals surface area contributed by atoms with Gasteiger partial charge in [-0.25, -0.2) is 4.79 Å². The molecule has 0 fully saturated rings. The third-order valence-corrected chi connectivity index (χ3v) is 5.21. The van der Waals surface area contributed by atoms with Crippen LogP contribution >= 0.6 is 0 Å². The van der Waals surface area contributed by atoms with Crippen LogP contribution < -0.4 is 4.74 Å². The van der Waals surface area contributed by atoms with Crippen molar-refractivity contribution in [2.45, 2.75) is 38.9 Å². The molecule has 7 heteroatoms. The summed E-state index contributed by atoms with van der Waals surface area (Å²) in [6.45, 7) is 4.91. The molecule has 0 amide bonds. The molecule has 3 rings (SSSR count). The molecule has 0 saturated carbocycles. The van der Waals surface area contributed by atoms with Gasteiger partial charge in [0, 0.05) is 18.1 Å². The summed E-state index contributed by atoms with van der Waals surface area (Å²) in [7, 11) is 1.36. The molecule has 1 heterocycles. The van der Waals surface area contributed by atoms with Crippen molar-refractivity contribution in [2.75, 3.05) is 13.7 Å². The number of esters is 1. The summed E-state index contributed by atoms with van der Waals surface area (Å²) in [5, 5.41) is 20.4. The third kappa shape index (κ3) is 3.65. The van der Waals surface area contributed by atoms with E-state index in [1.54, 1.807) is 19.1 Å². The monoisotopic (exact) mass is 400 g/mol. The number of carbonyl (C=O) groups is 2. The fourth-order valence-corrected chi connectivity index (χ4v) is 3.57. The molecular weight excluding hydrogens is 376 g/mol. The number of phenolic OH excluding ortho intramolecular Hbond substituents is 1. The van der Waals surface area contributed by atoms with Crippen molar-refractivity contribution in [2.24, 2.45) is 0 Å². The lowest BCUT2D eigenvalue weighted by atomic mass is 9.77. The first-order chi connectivity index (χ1) is 13.7. The van der Waals surface area contributed by atoms with Crippen LogP contribution in [0.4, 0.5) is 0 Å². The highest BCUT2D eigenvalue weighted by molar-refractivity contribution is 6.07. The van der Waals surface area contributed by atoms with E-state index in [2.05, 4.69) is 0 Å². The number of allylic oxidation sites excluding steroid dienone is 3. The molecule has 0 aromatic heterocycles. The molecule has 1 aliphatic heterocycles. The lowest BCUT2D eigenvalue weighted by molar-refractivity contribution is -0.147. The predicted octanol–water partition coefficient (Wildman–Crippen LogP) is 2.75. The Morgan fingerprint density at radius 2 is 2.10 bits per heavy atom. The summed E-state index contributed by atoms with van der Waals surface area (Å²) in [4.78, 5) is 26.0. The van der Waals surface area contributed by atoms with Gasteiger partial charge in [0.1, 0.15) is 35.5 Å². The van der Waals surface area contributed by atoms with E-state index < -0.39 is 23.5 Å². The molecule has 2 atom stereocenters. The molecule has 0 spiro atoms. The average Bonchev–Trinajstić information content (AvgIpc) is 2.66. The molecule has 1 aliphatic carbocycles. The highest BCUT2D eigenvalue weighted by Crippen LogP contribution is 2.38. The lowest BCUT2D eigenvalue weighted by Crippen LogP contribution is -2.54. The van der Waals surface area contributed by atoms with E-state index in [0.29, 0.717) is 22.5 Å². The fraction of sp³-hybridized carbons (Fsp3) is 0.364. The summed E-state index contributed by atoms with van der Waals surface area (Å²) in [6.07, 6.45) is 4.24. The molecule has 2 N–H and O–H groups in total. The average molecular weight is 400 g/mol. The SMILES string of the molecule is CC=CC1=CC2=C(CO1)C(=O)[C@](C)(OC(=O)c1c(C)cc(O)cc1OC)[C@H](O)C2. The zero-order valence-corrected chi connectivity index (χ0v) is 16.8. The second-order valence-electron chi connectivity index (χ2n) is 7.22. The first-order valence-corrected chi connectivity index (χ1v) is 9.24. The van der Waals surface area contributed by atoms with E-state index in [0.717, 1.165) is 0 Å². The number of ketones is 1. The Labute approximate surface area is 168 Å². The minimum Gasteiger partial charge on any atom is -0.508 e. The quantitative estimate of drug-likeness (QED) is 0.749. The Kier molecular flexibility index (Phi) is 5.53. The minimum absolute atomic E-state index is 0.0474. The maximum Gasteiger partial charge on any atom is 0.343 e. The van der Waals surface area contributed by atoms with Crippen LogP contribution in [0.1, 0.15) is 36.2 Å². The van der Waals surface area contributed by atoms with Crippen molar-refractivity contribution in [1.29, 1.82) is 0 Å². The van der Waals surface area contributed by atoms with Crippen LogP contribution in [0.5, 0.6) is 11.5 Å². The van der Waals surface area contributed by atoms with Crippen molar-refractivity contribution in [1.82, 2.24) is 0 Å². The van der Waals surface area contributed by atoms with Gasteiger partial charge in [-0.1, -0.05) is 6.08 Å². The third-order valence-electron chi connectivity index (χ3n) is 5.21. The molecule has 1 aromatic carbocycles. The Morgan fingerprint density at radius 3 is 2.76 bits per heavy atom. The first-order valence-electron chi connectivity index (χ1n) is 9.24. The highest BCUT2D eigenvalue weighted by atomic mass is 16.6. The second-order valence-corrected chi connectivity index (χ2v) is 7.22. The van der Waals surface area contributed by atoms with Crippen molar-refractivity contribution in [3.63, 3.8) is 0 Å². The summed E-state index contributed by atoms with van der Waals surface area (Å²) in [5.74, 6) is -0.648. The van der Waals surface area contributed by atoms with Gasteiger partial charge in [0.25, 0.3) is 0 Å². The maximum atomic E-state index is 13.1. The number of hydrogen-bond donors (Lipinski definition) is 2. The molecule has 7 nitrogen and oxygen atoms in total. The molecule has 29 heavy (non-hydrogen) atoms. The fourth-order valence-electron chi connectivity index (χ4n) is 3.57. The minimum atomic E-state index is -1.76. The summed E-state index contributed by atoms with van der Waals surface area (Å²) in [5.41, 5.74) is -0.197. The van der Waals surface area contributed by atoms with Gasteiger partial charge in [-0.15, -0.1) is 0 Å². The molecule has 0 bridgehead atoms. The normalized spacial score (nSPS) is 24.1. The molecule has 154 valence electrons. The lowest BCUT2D eigenvalue weighted by Gasteiger charge is -2.39. The van der Waals surface area contributed by atoms with Gasteiger partial charge < -0.3 is 24.4 Å². The van der Waals surface area contributed by atoms with Crippen LogP contribution in [0.15, 0.2) is 47.3 Å². The van der Waals surface area contributed by atoms with E-state index in [1.165, 1.54) is 26.2 Å². The number of ether oxygens (including phenoxy) is 3. The number of carbonyl (C=O) groups excluding carboxylic acids is 2. The van der Waals surface area contributed by atoms with Crippen LogP contribution in [0.25, 0.3) is 0 Å². The molecule has 2 aliphatic rings. The topological polar surface area (TPSA) is 102 Å². The summed E-state index contributed by atoms with van der Waals surface area (Å²) in [6, 6.07) is 2.68. The standard InChI is InChI=1S/C22H24O7/c1-5-6-15-8-13-9-18(24)22(3,20(25)16(13)11-28-15)29-21(26)19-12(2)7-14(23)10-17(19)27-4/h5-8,10,18,23-24H,9,11H2,1-4H3/t18-,22-/m1/s1. The van der Waals surface area contributed by atoms with Gasteiger partial charge in [0.05, 0.1) is 7.11 Å². The van der Waals surface area contributed by atoms with E-state index >= 15 is 0 Å². The van der Waals surface area contributed by atoms with Crippen LogP contribution in [0.2, 0.25) is 0 Å². The van der Waals surface area contributed by atoms with Crippen LogP contribution in [-0.4, -0.2) is 47.4 Å². The van der Waals surface area contributed by atoms with Crippen molar-refractivity contribution >= 4 is 11.8 Å². The smallest absolute Gasteiger partial charge is 0.343 e. The zero-order valence-electron chi connectivity index (χ0n) is 16.8.